The number of piperazine rings is 1. The van der Waals surface area contributed by atoms with Crippen molar-refractivity contribution in [3.05, 3.63) is 29.6 Å². The highest BCUT2D eigenvalue weighted by atomic mass is 19.1. The molecule has 1 aliphatic heterocycles. The highest BCUT2D eigenvalue weighted by molar-refractivity contribution is 5.88. The zero-order chi connectivity index (χ0) is 17.8. The summed E-state index contributed by atoms with van der Waals surface area (Å²) in [5.41, 5.74) is 0.486. The van der Waals surface area contributed by atoms with Crippen LogP contribution in [0.5, 0.6) is 5.75 Å². The number of hydrogen-bond donors (Lipinski definition) is 2. The number of benzene rings is 1. The van der Waals surface area contributed by atoms with Crippen LogP contribution in [0.15, 0.2) is 18.2 Å². The third-order valence-corrected chi connectivity index (χ3v) is 4.92. The normalized spacial score (nSPS) is 21.4. The third kappa shape index (κ3) is 4.28. The van der Waals surface area contributed by atoms with E-state index in [1.165, 1.54) is 13.2 Å². The van der Waals surface area contributed by atoms with E-state index < -0.39 is 6.04 Å². The van der Waals surface area contributed by atoms with Gasteiger partial charge in [-0.05, 0) is 25.3 Å². The van der Waals surface area contributed by atoms with Crippen LogP contribution in [0.25, 0.3) is 0 Å². The number of nitrogens with one attached hydrogen (secondary N) is 2. The Balaban J connectivity index is 1.66. The average molecular weight is 349 g/mol. The van der Waals surface area contributed by atoms with Crippen LogP contribution < -0.4 is 15.4 Å². The van der Waals surface area contributed by atoms with E-state index in [1.54, 1.807) is 12.1 Å². The summed E-state index contributed by atoms with van der Waals surface area (Å²) in [6.07, 6.45) is 3.24. The summed E-state index contributed by atoms with van der Waals surface area (Å²) in [5, 5.41) is 5.75. The molecule has 0 bridgehead atoms. The van der Waals surface area contributed by atoms with Gasteiger partial charge in [0.25, 0.3) is 0 Å². The van der Waals surface area contributed by atoms with Gasteiger partial charge in [-0.1, -0.05) is 6.07 Å². The lowest BCUT2D eigenvalue weighted by Crippen LogP contribution is -2.56. The van der Waals surface area contributed by atoms with Crippen molar-refractivity contribution in [1.82, 2.24) is 15.5 Å². The predicted molar refractivity (Wildman–Crippen MR) is 90.6 cm³/mol. The Labute approximate surface area is 146 Å². The monoisotopic (exact) mass is 349 g/mol. The first kappa shape index (κ1) is 17.7. The van der Waals surface area contributed by atoms with E-state index in [1.807, 2.05) is 4.90 Å². The molecule has 6 nitrogen and oxygen atoms in total. The summed E-state index contributed by atoms with van der Waals surface area (Å²) in [7, 11) is 1.49. The Morgan fingerprint density at radius 2 is 2.24 bits per heavy atom. The summed E-state index contributed by atoms with van der Waals surface area (Å²) in [6, 6.07) is 4.35. The van der Waals surface area contributed by atoms with E-state index >= 15 is 0 Å². The van der Waals surface area contributed by atoms with E-state index in [2.05, 4.69) is 10.6 Å². The van der Waals surface area contributed by atoms with Crippen molar-refractivity contribution in [3.63, 3.8) is 0 Å². The fourth-order valence-corrected chi connectivity index (χ4v) is 3.19. The largest absolute Gasteiger partial charge is 0.497 e. The van der Waals surface area contributed by atoms with Crippen molar-refractivity contribution in [2.75, 3.05) is 20.2 Å². The van der Waals surface area contributed by atoms with Gasteiger partial charge in [0.05, 0.1) is 19.6 Å². The van der Waals surface area contributed by atoms with Crippen molar-refractivity contribution in [2.45, 2.75) is 44.3 Å². The van der Waals surface area contributed by atoms with E-state index in [0.29, 0.717) is 24.4 Å². The second-order valence-corrected chi connectivity index (χ2v) is 6.63. The van der Waals surface area contributed by atoms with E-state index in [0.717, 1.165) is 19.3 Å². The minimum Gasteiger partial charge on any atom is -0.497 e. The highest BCUT2D eigenvalue weighted by Gasteiger charge is 2.33. The van der Waals surface area contributed by atoms with Gasteiger partial charge >= 0.3 is 0 Å². The van der Waals surface area contributed by atoms with Gasteiger partial charge in [0, 0.05) is 37.3 Å². The zero-order valence-electron chi connectivity index (χ0n) is 14.4. The van der Waals surface area contributed by atoms with Crippen molar-refractivity contribution >= 4 is 11.8 Å². The van der Waals surface area contributed by atoms with Gasteiger partial charge in [-0.25, -0.2) is 4.39 Å². The zero-order valence-corrected chi connectivity index (χ0v) is 14.4. The molecule has 1 atom stereocenters. The maximum absolute atomic E-state index is 14.2. The second kappa shape index (κ2) is 7.82. The third-order valence-electron chi connectivity index (χ3n) is 4.92. The Morgan fingerprint density at radius 1 is 1.44 bits per heavy atom. The number of methoxy groups -OCH3 is 1. The lowest BCUT2D eigenvalue weighted by atomic mass is 9.93. The molecule has 0 spiro atoms. The molecule has 1 heterocycles. The lowest BCUT2D eigenvalue weighted by Gasteiger charge is -2.35. The molecule has 1 aliphatic carbocycles. The van der Waals surface area contributed by atoms with Gasteiger partial charge in [-0.15, -0.1) is 0 Å². The van der Waals surface area contributed by atoms with Gasteiger partial charge in [0.15, 0.2) is 0 Å². The molecule has 136 valence electrons. The molecule has 2 fully saturated rings. The molecule has 0 unspecified atom stereocenters. The molecule has 2 aliphatic rings. The van der Waals surface area contributed by atoms with Crippen molar-refractivity contribution in [2.24, 2.45) is 0 Å². The standard InChI is InChI=1S/C18H24FN3O3/c1-25-14-6-5-12(15(19)9-14)11-22-8-7-20-18(24)16(22)10-17(23)21-13-3-2-4-13/h5-6,9,13,16H,2-4,7-8,10-11H2,1H3,(H,20,24)(H,21,23)/t16-/m1/s1. The molecule has 0 aromatic heterocycles. The number of nitrogens with zero attached hydrogens (tertiary/aromatic N) is 1. The van der Waals surface area contributed by atoms with Crippen LogP contribution in [0, 0.1) is 5.82 Å². The van der Waals surface area contributed by atoms with E-state index in [4.69, 9.17) is 4.74 Å². The molecule has 1 saturated heterocycles. The van der Waals surface area contributed by atoms with E-state index in [9.17, 15) is 14.0 Å². The molecule has 1 saturated carbocycles. The summed E-state index contributed by atoms with van der Waals surface area (Å²) in [4.78, 5) is 26.3. The fraction of sp³-hybridized carbons (Fsp3) is 0.556. The van der Waals surface area contributed by atoms with Crippen molar-refractivity contribution < 1.29 is 18.7 Å². The van der Waals surface area contributed by atoms with Crippen LogP contribution >= 0.6 is 0 Å². The van der Waals surface area contributed by atoms with Gasteiger partial charge < -0.3 is 15.4 Å². The second-order valence-electron chi connectivity index (χ2n) is 6.63. The number of carbonyl (C=O) groups is 2. The SMILES string of the molecule is COc1ccc(CN2CCNC(=O)[C@H]2CC(=O)NC2CCC2)c(F)c1. The van der Waals surface area contributed by atoms with Gasteiger partial charge in [-0.2, -0.15) is 0 Å². The van der Waals surface area contributed by atoms with Gasteiger partial charge in [0.1, 0.15) is 11.6 Å². The summed E-state index contributed by atoms with van der Waals surface area (Å²) >= 11 is 0. The number of amides is 2. The quantitative estimate of drug-likeness (QED) is 0.809. The maximum Gasteiger partial charge on any atom is 0.237 e. The number of hydrogen-bond acceptors (Lipinski definition) is 4. The van der Waals surface area contributed by atoms with E-state index in [-0.39, 0.29) is 36.6 Å². The smallest absolute Gasteiger partial charge is 0.237 e. The molecule has 25 heavy (non-hydrogen) atoms. The lowest BCUT2D eigenvalue weighted by molar-refractivity contribution is -0.134. The molecule has 2 N–H and O–H groups in total. The summed E-state index contributed by atoms with van der Waals surface area (Å²) in [6.45, 7) is 1.36. The van der Waals surface area contributed by atoms with Crippen LogP contribution in [-0.2, 0) is 16.1 Å². The first-order valence-corrected chi connectivity index (χ1v) is 8.70. The first-order valence-electron chi connectivity index (χ1n) is 8.70. The average Bonchev–Trinajstić information content (AvgIpc) is 2.56. The molecule has 2 amide bonds. The topological polar surface area (TPSA) is 70.7 Å². The Bertz CT molecular complexity index is 648. The molecule has 1 aromatic carbocycles. The summed E-state index contributed by atoms with van der Waals surface area (Å²) < 4.78 is 19.2. The molecular formula is C18H24FN3O3. The van der Waals surface area contributed by atoms with Crippen molar-refractivity contribution in [3.8, 4) is 5.75 Å². The Morgan fingerprint density at radius 3 is 2.88 bits per heavy atom. The highest BCUT2D eigenvalue weighted by Crippen LogP contribution is 2.21. The number of ether oxygens (including phenoxy) is 1. The molecule has 7 heteroatoms. The predicted octanol–water partition coefficient (Wildman–Crippen LogP) is 1.19. The number of halogens is 1. The summed E-state index contributed by atoms with van der Waals surface area (Å²) in [5.74, 6) is -0.215. The Hall–Kier alpha value is -2.15. The number of carbonyl (C=O) groups excluding carboxylic acids is 2. The first-order chi connectivity index (χ1) is 12.1. The Kier molecular flexibility index (Phi) is 5.53. The van der Waals surface area contributed by atoms with Crippen LogP contribution in [0.2, 0.25) is 0 Å². The molecule has 3 rings (SSSR count). The maximum atomic E-state index is 14.2. The fourth-order valence-electron chi connectivity index (χ4n) is 3.19. The minimum absolute atomic E-state index is 0.0973. The van der Waals surface area contributed by atoms with Crippen LogP contribution in [-0.4, -0.2) is 49.0 Å². The van der Waals surface area contributed by atoms with Crippen LogP contribution in [0.4, 0.5) is 4.39 Å². The van der Waals surface area contributed by atoms with Crippen LogP contribution in [0.3, 0.4) is 0 Å². The minimum atomic E-state index is -0.574. The van der Waals surface area contributed by atoms with Crippen molar-refractivity contribution in [1.29, 1.82) is 0 Å². The molecule has 0 radical (unpaired) electrons. The number of rotatable bonds is 6. The van der Waals surface area contributed by atoms with Gasteiger partial charge in [-0.3, -0.25) is 14.5 Å². The molecule has 1 aromatic rings. The molecular weight excluding hydrogens is 325 g/mol. The van der Waals surface area contributed by atoms with Crippen LogP contribution in [0.1, 0.15) is 31.2 Å². The van der Waals surface area contributed by atoms with Gasteiger partial charge in [0.2, 0.25) is 11.8 Å².